The van der Waals surface area contributed by atoms with Gasteiger partial charge in [0, 0.05) is 24.2 Å². The fourth-order valence-corrected chi connectivity index (χ4v) is 2.26. The van der Waals surface area contributed by atoms with Gasteiger partial charge < -0.3 is 10.2 Å². The molecule has 1 aliphatic heterocycles. The molecule has 1 aliphatic rings. The Kier molecular flexibility index (Phi) is 4.14. The SMILES string of the molecule is C=CC(=O)N1C[C@H](NC(C)(C)C)CC[C@@H]1C. The molecular formula is C13H24N2O. The van der Waals surface area contributed by atoms with Crippen LogP contribution in [0, 0.1) is 0 Å². The van der Waals surface area contributed by atoms with E-state index in [1.54, 1.807) is 0 Å². The highest BCUT2D eigenvalue weighted by Crippen LogP contribution is 2.19. The van der Waals surface area contributed by atoms with Gasteiger partial charge >= 0.3 is 0 Å². The first-order chi connectivity index (χ1) is 7.33. The van der Waals surface area contributed by atoms with Gasteiger partial charge in [-0.15, -0.1) is 0 Å². The van der Waals surface area contributed by atoms with Gasteiger partial charge in [0.05, 0.1) is 0 Å². The van der Waals surface area contributed by atoms with Crippen LogP contribution in [-0.2, 0) is 4.79 Å². The van der Waals surface area contributed by atoms with E-state index in [-0.39, 0.29) is 11.4 Å². The predicted molar refractivity (Wildman–Crippen MR) is 67.3 cm³/mol. The third-order valence-electron chi connectivity index (χ3n) is 2.98. The Labute approximate surface area is 98.9 Å². The minimum absolute atomic E-state index is 0.0490. The zero-order valence-corrected chi connectivity index (χ0v) is 10.9. The number of nitrogens with one attached hydrogen (secondary N) is 1. The Hall–Kier alpha value is -0.830. The number of nitrogens with zero attached hydrogens (tertiary/aromatic N) is 1. The summed E-state index contributed by atoms with van der Waals surface area (Å²) in [5.74, 6) is 0.0490. The van der Waals surface area contributed by atoms with Gasteiger partial charge in [-0.05, 0) is 46.6 Å². The number of carbonyl (C=O) groups excluding carboxylic acids is 1. The Balaban J connectivity index is 2.60. The topological polar surface area (TPSA) is 32.3 Å². The van der Waals surface area contributed by atoms with E-state index in [0.29, 0.717) is 12.1 Å². The molecule has 0 radical (unpaired) electrons. The number of carbonyl (C=O) groups is 1. The van der Waals surface area contributed by atoms with Crippen molar-refractivity contribution in [3.63, 3.8) is 0 Å². The predicted octanol–water partition coefficient (Wildman–Crippen LogP) is 1.94. The Morgan fingerprint density at radius 3 is 2.56 bits per heavy atom. The monoisotopic (exact) mass is 224 g/mol. The molecule has 92 valence electrons. The van der Waals surface area contributed by atoms with Crippen LogP contribution in [-0.4, -0.2) is 35.0 Å². The van der Waals surface area contributed by atoms with Crippen molar-refractivity contribution in [2.24, 2.45) is 0 Å². The molecule has 0 saturated carbocycles. The first-order valence-electron chi connectivity index (χ1n) is 6.04. The molecule has 1 N–H and O–H groups in total. The van der Waals surface area contributed by atoms with Crippen LogP contribution in [0.2, 0.25) is 0 Å². The maximum absolute atomic E-state index is 11.7. The summed E-state index contributed by atoms with van der Waals surface area (Å²) >= 11 is 0. The number of hydrogen-bond donors (Lipinski definition) is 1. The molecule has 1 rings (SSSR count). The lowest BCUT2D eigenvalue weighted by Crippen LogP contribution is -2.55. The molecule has 0 aromatic heterocycles. The highest BCUT2D eigenvalue weighted by atomic mass is 16.2. The molecule has 0 unspecified atom stereocenters. The third-order valence-corrected chi connectivity index (χ3v) is 2.98. The molecule has 2 atom stereocenters. The van der Waals surface area contributed by atoms with E-state index in [2.05, 4.69) is 39.6 Å². The fraction of sp³-hybridized carbons (Fsp3) is 0.769. The molecule has 3 nitrogen and oxygen atoms in total. The highest BCUT2D eigenvalue weighted by molar-refractivity contribution is 5.87. The molecule has 3 heteroatoms. The fourth-order valence-electron chi connectivity index (χ4n) is 2.26. The van der Waals surface area contributed by atoms with Crippen molar-refractivity contribution in [3.05, 3.63) is 12.7 Å². The number of piperidine rings is 1. The summed E-state index contributed by atoms with van der Waals surface area (Å²) in [7, 11) is 0. The van der Waals surface area contributed by atoms with Crippen molar-refractivity contribution >= 4 is 5.91 Å². The number of rotatable bonds is 2. The van der Waals surface area contributed by atoms with Crippen LogP contribution in [0.5, 0.6) is 0 Å². The molecule has 0 bridgehead atoms. The minimum atomic E-state index is 0.0490. The van der Waals surface area contributed by atoms with E-state index in [1.807, 2.05) is 4.90 Å². The summed E-state index contributed by atoms with van der Waals surface area (Å²) in [5, 5.41) is 3.56. The second-order valence-electron chi connectivity index (χ2n) is 5.71. The first kappa shape index (κ1) is 13.2. The molecule has 0 aromatic rings. The smallest absolute Gasteiger partial charge is 0.246 e. The van der Waals surface area contributed by atoms with Crippen molar-refractivity contribution in [2.75, 3.05) is 6.54 Å². The van der Waals surface area contributed by atoms with Gasteiger partial charge in [-0.25, -0.2) is 0 Å². The number of amides is 1. The summed E-state index contributed by atoms with van der Waals surface area (Å²) in [6.45, 7) is 12.9. The summed E-state index contributed by atoms with van der Waals surface area (Å²) in [5.41, 5.74) is 0.105. The Morgan fingerprint density at radius 2 is 2.06 bits per heavy atom. The van der Waals surface area contributed by atoms with E-state index < -0.39 is 0 Å². The van der Waals surface area contributed by atoms with Crippen LogP contribution in [0.3, 0.4) is 0 Å². The molecule has 0 aliphatic carbocycles. The molecular weight excluding hydrogens is 200 g/mol. The van der Waals surface area contributed by atoms with E-state index >= 15 is 0 Å². The Morgan fingerprint density at radius 1 is 1.44 bits per heavy atom. The van der Waals surface area contributed by atoms with Gasteiger partial charge in [-0.3, -0.25) is 4.79 Å². The second kappa shape index (κ2) is 5.00. The first-order valence-corrected chi connectivity index (χ1v) is 6.04. The zero-order valence-electron chi connectivity index (χ0n) is 10.9. The molecule has 0 aromatic carbocycles. The average molecular weight is 224 g/mol. The highest BCUT2D eigenvalue weighted by Gasteiger charge is 2.29. The summed E-state index contributed by atoms with van der Waals surface area (Å²) in [6, 6.07) is 0.739. The van der Waals surface area contributed by atoms with Gasteiger partial charge in [0.1, 0.15) is 0 Å². The van der Waals surface area contributed by atoms with Gasteiger partial charge in [0.2, 0.25) is 5.91 Å². The molecule has 1 saturated heterocycles. The number of hydrogen-bond acceptors (Lipinski definition) is 2. The number of likely N-dealkylation sites (tertiary alicyclic amines) is 1. The maximum Gasteiger partial charge on any atom is 0.246 e. The van der Waals surface area contributed by atoms with Gasteiger partial charge in [0.25, 0.3) is 0 Å². The second-order valence-corrected chi connectivity index (χ2v) is 5.71. The van der Waals surface area contributed by atoms with Gasteiger partial charge in [-0.2, -0.15) is 0 Å². The zero-order chi connectivity index (χ0) is 12.3. The lowest BCUT2D eigenvalue weighted by molar-refractivity contribution is -0.129. The van der Waals surface area contributed by atoms with Crippen molar-refractivity contribution in [1.82, 2.24) is 10.2 Å². The minimum Gasteiger partial charge on any atom is -0.335 e. The van der Waals surface area contributed by atoms with Crippen LogP contribution < -0.4 is 5.32 Å². The normalized spacial score (nSPS) is 26.6. The van der Waals surface area contributed by atoms with Crippen molar-refractivity contribution in [2.45, 2.75) is 58.2 Å². The average Bonchev–Trinajstić information content (AvgIpc) is 2.18. The van der Waals surface area contributed by atoms with Crippen LogP contribution in [0.4, 0.5) is 0 Å². The third kappa shape index (κ3) is 3.63. The standard InChI is InChI=1S/C13H24N2O/c1-6-12(16)15-9-11(8-7-10(15)2)14-13(3,4)5/h6,10-11,14H,1,7-9H2,2-5H3/t10-,11+/m0/s1. The van der Waals surface area contributed by atoms with Gasteiger partial charge in [0.15, 0.2) is 0 Å². The van der Waals surface area contributed by atoms with Crippen LogP contribution in [0.25, 0.3) is 0 Å². The van der Waals surface area contributed by atoms with E-state index in [1.165, 1.54) is 6.08 Å². The van der Waals surface area contributed by atoms with Crippen molar-refractivity contribution < 1.29 is 4.79 Å². The molecule has 1 fully saturated rings. The quantitative estimate of drug-likeness (QED) is 0.727. The summed E-state index contributed by atoms with van der Waals surface area (Å²) in [6.07, 6.45) is 3.61. The van der Waals surface area contributed by atoms with Crippen LogP contribution in [0.1, 0.15) is 40.5 Å². The molecule has 1 amide bonds. The lowest BCUT2D eigenvalue weighted by Gasteiger charge is -2.40. The summed E-state index contributed by atoms with van der Waals surface area (Å²) in [4.78, 5) is 13.6. The van der Waals surface area contributed by atoms with Gasteiger partial charge in [-0.1, -0.05) is 6.58 Å². The van der Waals surface area contributed by atoms with Crippen molar-refractivity contribution in [3.8, 4) is 0 Å². The molecule has 0 spiro atoms. The molecule has 1 heterocycles. The van der Waals surface area contributed by atoms with Crippen molar-refractivity contribution in [1.29, 1.82) is 0 Å². The lowest BCUT2D eigenvalue weighted by atomic mass is 9.96. The van der Waals surface area contributed by atoms with Crippen LogP contribution in [0.15, 0.2) is 12.7 Å². The van der Waals surface area contributed by atoms with E-state index in [9.17, 15) is 4.79 Å². The van der Waals surface area contributed by atoms with E-state index in [0.717, 1.165) is 19.4 Å². The largest absolute Gasteiger partial charge is 0.335 e. The van der Waals surface area contributed by atoms with E-state index in [4.69, 9.17) is 0 Å². The van der Waals surface area contributed by atoms with Crippen LogP contribution >= 0.6 is 0 Å². The Bertz CT molecular complexity index is 268. The maximum atomic E-state index is 11.7. The summed E-state index contributed by atoms with van der Waals surface area (Å²) < 4.78 is 0. The molecule has 16 heavy (non-hydrogen) atoms.